The van der Waals surface area contributed by atoms with Crippen LogP contribution in [-0.4, -0.2) is 35.1 Å². The number of rotatable bonds is 2. The van der Waals surface area contributed by atoms with Crippen LogP contribution in [0.1, 0.15) is 12.8 Å². The number of pyridine rings is 1. The number of carbonyl (C=O) groups excluding carboxylic acids is 1. The zero-order chi connectivity index (χ0) is 12.3. The molecule has 0 atom stereocenters. The summed E-state index contributed by atoms with van der Waals surface area (Å²) in [6, 6.07) is 1.53. The van der Waals surface area contributed by atoms with E-state index in [1.807, 2.05) is 6.07 Å². The highest BCUT2D eigenvalue weighted by molar-refractivity contribution is 9.10. The van der Waals surface area contributed by atoms with E-state index in [1.54, 1.807) is 17.3 Å². The number of amides is 2. The summed E-state index contributed by atoms with van der Waals surface area (Å²) in [5, 5.41) is 0. The van der Waals surface area contributed by atoms with Crippen molar-refractivity contribution in [3.63, 3.8) is 0 Å². The first kappa shape index (κ1) is 12.2. The second-order valence-corrected chi connectivity index (χ2v) is 4.90. The Morgan fingerprint density at radius 2 is 2.18 bits per heavy atom. The maximum Gasteiger partial charge on any atom is 0.314 e. The Bertz CT molecular complexity index is 405. The standard InChI is InChI=1S/C11H14BrN3O2/c12-8-5-10(7-14-6-8)17-9-1-3-15(4-2-9)11(13)16/h5-7,9H,1-4H2,(H2,13,16). The highest BCUT2D eigenvalue weighted by atomic mass is 79.9. The quantitative estimate of drug-likeness (QED) is 0.905. The van der Waals surface area contributed by atoms with E-state index in [2.05, 4.69) is 20.9 Å². The maximum absolute atomic E-state index is 11.0. The largest absolute Gasteiger partial charge is 0.489 e. The number of primary amides is 1. The lowest BCUT2D eigenvalue weighted by molar-refractivity contribution is 0.114. The second kappa shape index (κ2) is 5.35. The van der Waals surface area contributed by atoms with E-state index in [0.29, 0.717) is 13.1 Å². The molecule has 5 nitrogen and oxygen atoms in total. The summed E-state index contributed by atoms with van der Waals surface area (Å²) in [4.78, 5) is 16.6. The molecule has 0 unspecified atom stereocenters. The number of nitrogens with two attached hydrogens (primary N) is 1. The van der Waals surface area contributed by atoms with Gasteiger partial charge in [-0.15, -0.1) is 0 Å². The number of halogens is 1. The third-order valence-corrected chi connectivity index (χ3v) is 3.17. The first-order chi connectivity index (χ1) is 8.15. The van der Waals surface area contributed by atoms with Crippen molar-refractivity contribution < 1.29 is 9.53 Å². The van der Waals surface area contributed by atoms with Gasteiger partial charge < -0.3 is 15.4 Å². The molecule has 0 bridgehead atoms. The molecule has 0 radical (unpaired) electrons. The minimum atomic E-state index is -0.354. The van der Waals surface area contributed by atoms with Crippen LogP contribution in [0.25, 0.3) is 0 Å². The van der Waals surface area contributed by atoms with Crippen molar-refractivity contribution in [3.8, 4) is 5.75 Å². The molecule has 0 aromatic carbocycles. The van der Waals surface area contributed by atoms with Gasteiger partial charge in [-0.1, -0.05) is 0 Å². The molecule has 17 heavy (non-hydrogen) atoms. The Labute approximate surface area is 108 Å². The minimum absolute atomic E-state index is 0.127. The van der Waals surface area contributed by atoms with Crippen molar-refractivity contribution in [2.75, 3.05) is 13.1 Å². The number of likely N-dealkylation sites (tertiary alicyclic amines) is 1. The van der Waals surface area contributed by atoms with Gasteiger partial charge in [0.25, 0.3) is 0 Å². The molecular weight excluding hydrogens is 286 g/mol. The summed E-state index contributed by atoms with van der Waals surface area (Å²) in [5.74, 6) is 0.747. The highest BCUT2D eigenvalue weighted by Gasteiger charge is 2.22. The second-order valence-electron chi connectivity index (χ2n) is 3.98. The smallest absolute Gasteiger partial charge is 0.314 e. The van der Waals surface area contributed by atoms with Crippen molar-refractivity contribution >= 4 is 22.0 Å². The lowest BCUT2D eigenvalue weighted by atomic mass is 10.1. The number of ether oxygens (including phenoxy) is 1. The number of piperidine rings is 1. The number of aromatic nitrogens is 1. The van der Waals surface area contributed by atoms with Gasteiger partial charge in [-0.25, -0.2) is 4.79 Å². The van der Waals surface area contributed by atoms with Crippen LogP contribution in [-0.2, 0) is 0 Å². The van der Waals surface area contributed by atoms with Gasteiger partial charge in [0.15, 0.2) is 0 Å². The summed E-state index contributed by atoms with van der Waals surface area (Å²) in [6.07, 6.45) is 5.13. The normalized spacial score (nSPS) is 16.9. The SMILES string of the molecule is NC(=O)N1CCC(Oc2cncc(Br)c2)CC1. The molecule has 6 heteroatoms. The Morgan fingerprint density at radius 3 is 2.76 bits per heavy atom. The Balaban J connectivity index is 1.88. The molecule has 0 saturated carbocycles. The molecule has 2 rings (SSSR count). The van der Waals surface area contributed by atoms with Crippen molar-refractivity contribution in [2.45, 2.75) is 18.9 Å². The van der Waals surface area contributed by atoms with Crippen LogP contribution >= 0.6 is 15.9 Å². The van der Waals surface area contributed by atoms with Crippen molar-refractivity contribution in [2.24, 2.45) is 5.73 Å². The van der Waals surface area contributed by atoms with Crippen molar-refractivity contribution in [1.82, 2.24) is 9.88 Å². The van der Waals surface area contributed by atoms with Gasteiger partial charge in [0.2, 0.25) is 0 Å². The molecule has 2 N–H and O–H groups in total. The third kappa shape index (κ3) is 3.33. The van der Waals surface area contributed by atoms with Gasteiger partial charge >= 0.3 is 6.03 Å². The van der Waals surface area contributed by atoms with Gasteiger partial charge in [0, 0.05) is 36.6 Å². The van der Waals surface area contributed by atoms with Gasteiger partial charge in [0.1, 0.15) is 11.9 Å². The Morgan fingerprint density at radius 1 is 1.47 bits per heavy atom. The topological polar surface area (TPSA) is 68.5 Å². The van der Waals surface area contributed by atoms with Crippen LogP contribution in [0.4, 0.5) is 4.79 Å². The summed E-state index contributed by atoms with van der Waals surface area (Å²) in [5.41, 5.74) is 5.22. The van der Waals surface area contributed by atoms with E-state index in [0.717, 1.165) is 23.1 Å². The van der Waals surface area contributed by atoms with E-state index >= 15 is 0 Å². The average molecular weight is 300 g/mol. The Hall–Kier alpha value is -1.30. The molecule has 1 aliphatic heterocycles. The highest BCUT2D eigenvalue weighted by Crippen LogP contribution is 2.21. The molecular formula is C11H14BrN3O2. The van der Waals surface area contributed by atoms with Crippen molar-refractivity contribution in [1.29, 1.82) is 0 Å². The first-order valence-electron chi connectivity index (χ1n) is 5.47. The zero-order valence-corrected chi connectivity index (χ0v) is 10.9. The number of nitrogens with zero attached hydrogens (tertiary/aromatic N) is 2. The molecule has 92 valence electrons. The molecule has 1 fully saturated rings. The van der Waals surface area contributed by atoms with Crippen molar-refractivity contribution in [3.05, 3.63) is 22.9 Å². The number of hydrogen-bond acceptors (Lipinski definition) is 3. The molecule has 0 spiro atoms. The molecule has 2 heterocycles. The van der Waals surface area contributed by atoms with Crippen LogP contribution in [0, 0.1) is 0 Å². The monoisotopic (exact) mass is 299 g/mol. The fourth-order valence-electron chi connectivity index (χ4n) is 1.84. The van der Waals surface area contributed by atoms with Gasteiger partial charge in [-0.3, -0.25) is 4.98 Å². The summed E-state index contributed by atoms with van der Waals surface area (Å²) in [6.45, 7) is 1.31. The van der Waals surface area contributed by atoms with E-state index in [1.165, 1.54) is 0 Å². The fraction of sp³-hybridized carbons (Fsp3) is 0.455. The van der Waals surface area contributed by atoms with Crippen LogP contribution in [0.3, 0.4) is 0 Å². The zero-order valence-electron chi connectivity index (χ0n) is 9.30. The Kier molecular flexibility index (Phi) is 3.83. The summed E-state index contributed by atoms with van der Waals surface area (Å²) in [7, 11) is 0. The van der Waals surface area contributed by atoms with E-state index in [9.17, 15) is 4.79 Å². The molecule has 1 aromatic rings. The van der Waals surface area contributed by atoms with Crippen LogP contribution in [0.15, 0.2) is 22.9 Å². The molecule has 2 amide bonds. The predicted octanol–water partition coefficient (Wildman–Crippen LogP) is 1.77. The van der Waals surface area contributed by atoms with Crippen LogP contribution in [0.5, 0.6) is 5.75 Å². The number of urea groups is 1. The fourth-order valence-corrected chi connectivity index (χ4v) is 2.19. The van der Waals surface area contributed by atoms with Crippen LogP contribution in [0.2, 0.25) is 0 Å². The molecule has 1 aliphatic rings. The average Bonchev–Trinajstić information content (AvgIpc) is 2.29. The van der Waals surface area contributed by atoms with E-state index < -0.39 is 0 Å². The van der Waals surface area contributed by atoms with E-state index in [-0.39, 0.29) is 12.1 Å². The maximum atomic E-state index is 11.0. The van der Waals surface area contributed by atoms with E-state index in [4.69, 9.17) is 10.5 Å². The number of carbonyl (C=O) groups is 1. The predicted molar refractivity (Wildman–Crippen MR) is 66.7 cm³/mol. The molecule has 1 saturated heterocycles. The van der Waals surface area contributed by atoms with Gasteiger partial charge in [-0.2, -0.15) is 0 Å². The van der Waals surface area contributed by atoms with Crippen LogP contribution < -0.4 is 10.5 Å². The lowest BCUT2D eigenvalue weighted by Crippen LogP contribution is -2.44. The number of hydrogen-bond donors (Lipinski definition) is 1. The first-order valence-corrected chi connectivity index (χ1v) is 6.26. The minimum Gasteiger partial charge on any atom is -0.489 e. The third-order valence-electron chi connectivity index (χ3n) is 2.74. The van der Waals surface area contributed by atoms with Gasteiger partial charge in [-0.05, 0) is 22.0 Å². The summed E-state index contributed by atoms with van der Waals surface area (Å²) < 4.78 is 6.69. The molecule has 1 aromatic heterocycles. The lowest BCUT2D eigenvalue weighted by Gasteiger charge is -2.30. The molecule has 0 aliphatic carbocycles. The van der Waals surface area contributed by atoms with Gasteiger partial charge in [0.05, 0.1) is 6.20 Å². The summed E-state index contributed by atoms with van der Waals surface area (Å²) >= 11 is 3.34.